The Morgan fingerprint density at radius 3 is 1.20 bits per heavy atom. The fourth-order valence-corrected chi connectivity index (χ4v) is 1.55. The summed E-state index contributed by atoms with van der Waals surface area (Å²) in [7, 11) is 0. The molecule has 0 heteroatoms. The van der Waals surface area contributed by atoms with Gasteiger partial charge in [-0.15, -0.1) is 0 Å². The van der Waals surface area contributed by atoms with E-state index in [1.807, 2.05) is 0 Å². The van der Waals surface area contributed by atoms with E-state index in [1.54, 1.807) is 0 Å². The van der Waals surface area contributed by atoms with Crippen molar-refractivity contribution in [3.8, 4) is 0 Å². The third kappa shape index (κ3) is 14.6. The Hall–Kier alpha value is -0.260. The van der Waals surface area contributed by atoms with Crippen molar-refractivity contribution in [1.29, 1.82) is 0 Å². The van der Waals surface area contributed by atoms with Crippen molar-refractivity contribution < 1.29 is 0 Å². The molecule has 0 spiro atoms. The smallest absolute Gasteiger partial charge is 0.0178 e. The summed E-state index contributed by atoms with van der Waals surface area (Å²) < 4.78 is 0. The molecule has 0 radical (unpaired) electrons. The lowest BCUT2D eigenvalue weighted by Crippen LogP contribution is -2.17. The lowest BCUT2D eigenvalue weighted by atomic mass is 9.79. The predicted octanol–water partition coefficient (Wildman–Crippen LogP) is 9.79. The molecule has 1 atom stereocenters. The van der Waals surface area contributed by atoms with Crippen molar-refractivity contribution >= 4 is 0 Å². The van der Waals surface area contributed by atoms with Gasteiger partial charge in [0, 0.05) is 0 Å². The van der Waals surface area contributed by atoms with Crippen molar-refractivity contribution in [2.24, 2.45) is 27.6 Å². The Balaban J connectivity index is -0.000000128. The SMILES string of the molecule is C.C.C=C(C)C(C)(C)C.CC(C)(C)C1(C)CC1.CCC(C)C(C)(C)C. The maximum absolute atomic E-state index is 3.83. The van der Waals surface area contributed by atoms with Crippen LogP contribution in [-0.4, -0.2) is 0 Å². The fraction of sp³-hybridized carbons (Fsp3) is 0.920. The maximum atomic E-state index is 3.83. The Kier molecular flexibility index (Phi) is 14.8. The molecule has 0 aliphatic heterocycles. The standard InChI is InChI=1S/C8H16.C8H18.C7H14.2CH4/c1-7(2,3)8(4)5-6-8;1-6-7(2)8(3,4)5;1-6(2)7(3,4)5;;/h5-6H2,1-4H3;7H,6H2,1-5H3;1H2,2-5H3;2*1H4. The number of rotatable bonds is 1. The molecule has 0 saturated heterocycles. The molecular formula is C25H56. The van der Waals surface area contributed by atoms with Crippen LogP contribution in [0.5, 0.6) is 0 Å². The third-order valence-corrected chi connectivity index (χ3v) is 6.18. The number of hydrogen-bond acceptors (Lipinski definition) is 0. The average Bonchev–Trinajstić information content (AvgIpc) is 3.06. The highest BCUT2D eigenvalue weighted by Gasteiger charge is 2.46. The summed E-state index contributed by atoms with van der Waals surface area (Å²) in [5, 5.41) is 0. The summed E-state index contributed by atoms with van der Waals surface area (Å²) >= 11 is 0. The van der Waals surface area contributed by atoms with Gasteiger partial charge in [0.1, 0.15) is 0 Å². The van der Waals surface area contributed by atoms with Crippen LogP contribution < -0.4 is 0 Å². The van der Waals surface area contributed by atoms with Gasteiger partial charge in [-0.1, -0.05) is 117 Å². The third-order valence-electron chi connectivity index (χ3n) is 6.18. The molecule has 1 aliphatic carbocycles. The topological polar surface area (TPSA) is 0 Å². The van der Waals surface area contributed by atoms with Crippen LogP contribution in [0.4, 0.5) is 0 Å². The molecular weight excluding hydrogens is 300 g/mol. The summed E-state index contributed by atoms with van der Waals surface area (Å²) in [5.41, 5.74) is 3.29. The molecule has 0 aromatic carbocycles. The van der Waals surface area contributed by atoms with Crippen LogP contribution in [0.25, 0.3) is 0 Å². The normalized spacial score (nSPS) is 16.5. The minimum Gasteiger partial charge on any atom is -0.0996 e. The van der Waals surface area contributed by atoms with Crippen molar-refractivity contribution in [2.75, 3.05) is 0 Å². The summed E-state index contributed by atoms with van der Waals surface area (Å²) in [6.07, 6.45) is 4.18. The molecule has 0 amide bonds. The van der Waals surface area contributed by atoms with E-state index in [2.05, 4.69) is 96.6 Å². The van der Waals surface area contributed by atoms with Gasteiger partial charge in [0.15, 0.2) is 0 Å². The van der Waals surface area contributed by atoms with Crippen LogP contribution in [0.3, 0.4) is 0 Å². The summed E-state index contributed by atoms with van der Waals surface area (Å²) in [6, 6.07) is 0. The van der Waals surface area contributed by atoms with Crippen molar-refractivity contribution in [3.05, 3.63) is 12.2 Å². The molecule has 156 valence electrons. The summed E-state index contributed by atoms with van der Waals surface area (Å²) in [6.45, 7) is 33.2. The lowest BCUT2D eigenvalue weighted by molar-refractivity contribution is 0.237. The Labute approximate surface area is 164 Å². The Morgan fingerprint density at radius 2 is 1.20 bits per heavy atom. The highest BCUT2D eigenvalue weighted by molar-refractivity contribution is 5.00. The zero-order valence-corrected chi connectivity index (χ0v) is 18.9. The van der Waals surface area contributed by atoms with E-state index in [4.69, 9.17) is 0 Å². The van der Waals surface area contributed by atoms with Gasteiger partial charge in [0.2, 0.25) is 0 Å². The zero-order chi connectivity index (χ0) is 19.3. The van der Waals surface area contributed by atoms with Crippen LogP contribution in [-0.2, 0) is 0 Å². The monoisotopic (exact) mass is 356 g/mol. The van der Waals surface area contributed by atoms with Gasteiger partial charge in [-0.05, 0) is 47.3 Å². The van der Waals surface area contributed by atoms with Gasteiger partial charge in [-0.25, -0.2) is 0 Å². The first-order valence-electron chi connectivity index (χ1n) is 9.54. The van der Waals surface area contributed by atoms with Gasteiger partial charge in [0.05, 0.1) is 0 Å². The molecule has 0 aromatic rings. The molecule has 25 heavy (non-hydrogen) atoms. The quantitative estimate of drug-likeness (QED) is 0.410. The average molecular weight is 357 g/mol. The molecule has 1 rings (SSSR count). The van der Waals surface area contributed by atoms with Gasteiger partial charge in [-0.2, -0.15) is 0 Å². The summed E-state index contributed by atoms with van der Waals surface area (Å²) in [5.74, 6) is 0.850. The van der Waals surface area contributed by atoms with Crippen LogP contribution in [0.2, 0.25) is 0 Å². The first kappa shape index (κ1) is 32.4. The Bertz CT molecular complexity index is 330. The van der Waals surface area contributed by atoms with E-state index >= 15 is 0 Å². The summed E-state index contributed by atoms with van der Waals surface area (Å²) in [4.78, 5) is 0. The fourth-order valence-electron chi connectivity index (χ4n) is 1.55. The second-order valence-electron chi connectivity index (χ2n) is 11.0. The zero-order valence-electron chi connectivity index (χ0n) is 18.9. The van der Waals surface area contributed by atoms with Crippen LogP contribution >= 0.6 is 0 Å². The first-order valence-corrected chi connectivity index (χ1v) is 9.54. The molecule has 1 unspecified atom stereocenters. The first-order chi connectivity index (χ1) is 9.88. The van der Waals surface area contributed by atoms with E-state index in [0.29, 0.717) is 21.7 Å². The molecule has 0 bridgehead atoms. The van der Waals surface area contributed by atoms with Crippen molar-refractivity contribution in [1.82, 2.24) is 0 Å². The van der Waals surface area contributed by atoms with E-state index in [9.17, 15) is 0 Å². The van der Waals surface area contributed by atoms with E-state index in [0.717, 1.165) is 5.92 Å². The van der Waals surface area contributed by atoms with Gasteiger partial charge >= 0.3 is 0 Å². The molecule has 1 saturated carbocycles. The Morgan fingerprint density at radius 1 is 0.920 bits per heavy atom. The largest absolute Gasteiger partial charge is 0.0996 e. The molecule has 0 N–H and O–H groups in total. The minimum absolute atomic E-state index is 0. The van der Waals surface area contributed by atoms with Crippen molar-refractivity contribution in [2.45, 2.75) is 124 Å². The minimum atomic E-state index is 0. The second-order valence-corrected chi connectivity index (χ2v) is 11.0. The number of hydrogen-bond donors (Lipinski definition) is 0. The van der Waals surface area contributed by atoms with E-state index < -0.39 is 0 Å². The molecule has 0 heterocycles. The molecule has 1 fully saturated rings. The van der Waals surface area contributed by atoms with E-state index in [-0.39, 0.29) is 14.9 Å². The predicted molar refractivity (Wildman–Crippen MR) is 123 cm³/mol. The van der Waals surface area contributed by atoms with Crippen LogP contribution in [0.15, 0.2) is 12.2 Å². The van der Waals surface area contributed by atoms with Gasteiger partial charge in [0.25, 0.3) is 0 Å². The maximum Gasteiger partial charge on any atom is -0.0178 e. The van der Waals surface area contributed by atoms with E-state index in [1.165, 1.54) is 24.8 Å². The van der Waals surface area contributed by atoms with Gasteiger partial charge < -0.3 is 0 Å². The lowest BCUT2D eigenvalue weighted by Gasteiger charge is -2.26. The van der Waals surface area contributed by atoms with Crippen LogP contribution in [0.1, 0.15) is 124 Å². The second kappa shape index (κ2) is 11.5. The van der Waals surface area contributed by atoms with Crippen molar-refractivity contribution in [3.63, 3.8) is 0 Å². The number of allylic oxidation sites excluding steroid dienone is 1. The van der Waals surface area contributed by atoms with Crippen LogP contribution in [0, 0.1) is 27.6 Å². The highest BCUT2D eigenvalue weighted by atomic mass is 14.5. The molecule has 0 aromatic heterocycles. The van der Waals surface area contributed by atoms with Gasteiger partial charge in [-0.3, -0.25) is 0 Å². The molecule has 1 aliphatic rings. The molecule has 0 nitrogen and oxygen atoms in total. The highest BCUT2D eigenvalue weighted by Crippen LogP contribution is 2.57.